The lowest BCUT2D eigenvalue weighted by atomic mass is 9.90. The number of nitrogens with zero attached hydrogens (tertiary/aromatic N) is 3. The number of aliphatic carboxylic acids is 1. The van der Waals surface area contributed by atoms with Gasteiger partial charge in [-0.3, -0.25) is 9.78 Å². The van der Waals surface area contributed by atoms with Crippen LogP contribution in [0, 0.1) is 5.41 Å². The molecular formula is C12H17N3O3. The van der Waals surface area contributed by atoms with Gasteiger partial charge in [0.05, 0.1) is 24.4 Å². The number of aromatic nitrogens is 2. The number of hydrogen-bond acceptors (Lipinski definition) is 5. The summed E-state index contributed by atoms with van der Waals surface area (Å²) in [6, 6.07) is 0. The molecule has 2 rings (SSSR count). The molecular weight excluding hydrogens is 234 g/mol. The van der Waals surface area contributed by atoms with E-state index in [9.17, 15) is 9.90 Å². The smallest absolute Gasteiger partial charge is 0.311 e. The molecule has 1 aliphatic heterocycles. The first-order chi connectivity index (χ1) is 8.55. The van der Waals surface area contributed by atoms with Crippen LogP contribution >= 0.6 is 0 Å². The minimum Gasteiger partial charge on any atom is -0.481 e. The Morgan fingerprint density at radius 3 is 3.00 bits per heavy atom. The lowest BCUT2D eigenvalue weighted by molar-refractivity contribution is -0.146. The number of hydrogen-bond donors (Lipinski definition) is 1. The third-order valence-electron chi connectivity index (χ3n) is 3.21. The predicted octanol–water partition coefficient (Wildman–Crippen LogP) is 1.18. The number of carbonyl (C=O) groups is 1. The lowest BCUT2D eigenvalue weighted by Gasteiger charge is -2.20. The van der Waals surface area contributed by atoms with Gasteiger partial charge in [-0.2, -0.15) is 4.98 Å². The van der Waals surface area contributed by atoms with Crippen molar-refractivity contribution in [3.8, 4) is 5.88 Å². The van der Waals surface area contributed by atoms with E-state index >= 15 is 0 Å². The zero-order chi connectivity index (χ0) is 13.2. The van der Waals surface area contributed by atoms with Gasteiger partial charge in [-0.05, 0) is 20.3 Å². The van der Waals surface area contributed by atoms with Gasteiger partial charge in [-0.25, -0.2) is 0 Å². The van der Waals surface area contributed by atoms with E-state index in [4.69, 9.17) is 4.74 Å². The van der Waals surface area contributed by atoms with Crippen LogP contribution in [0.15, 0.2) is 12.4 Å². The molecule has 1 fully saturated rings. The van der Waals surface area contributed by atoms with Crippen molar-refractivity contribution in [1.82, 2.24) is 9.97 Å². The first-order valence-corrected chi connectivity index (χ1v) is 5.98. The molecule has 0 bridgehead atoms. The molecule has 0 aromatic carbocycles. The van der Waals surface area contributed by atoms with Crippen molar-refractivity contribution in [2.75, 3.05) is 24.6 Å². The normalized spacial score (nSPS) is 23.1. The Hall–Kier alpha value is -1.85. The number of carboxylic acids is 1. The van der Waals surface area contributed by atoms with Gasteiger partial charge in [0.25, 0.3) is 0 Å². The van der Waals surface area contributed by atoms with Crippen molar-refractivity contribution in [1.29, 1.82) is 0 Å². The highest BCUT2D eigenvalue weighted by Gasteiger charge is 2.41. The maximum Gasteiger partial charge on any atom is 0.311 e. The van der Waals surface area contributed by atoms with Gasteiger partial charge < -0.3 is 14.7 Å². The van der Waals surface area contributed by atoms with Gasteiger partial charge >= 0.3 is 5.97 Å². The Bertz CT molecular complexity index is 452. The molecule has 6 heteroatoms. The highest BCUT2D eigenvalue weighted by molar-refractivity contribution is 5.76. The van der Waals surface area contributed by atoms with E-state index in [-0.39, 0.29) is 0 Å². The molecule has 1 saturated heterocycles. The van der Waals surface area contributed by atoms with Crippen LogP contribution in [0.3, 0.4) is 0 Å². The van der Waals surface area contributed by atoms with E-state index < -0.39 is 11.4 Å². The number of rotatable bonds is 4. The summed E-state index contributed by atoms with van der Waals surface area (Å²) < 4.78 is 5.29. The van der Waals surface area contributed by atoms with Crippen molar-refractivity contribution in [2.45, 2.75) is 20.3 Å². The summed E-state index contributed by atoms with van der Waals surface area (Å²) in [4.78, 5) is 21.5. The Labute approximate surface area is 106 Å². The van der Waals surface area contributed by atoms with E-state index in [1.54, 1.807) is 19.3 Å². The van der Waals surface area contributed by atoms with Crippen molar-refractivity contribution >= 4 is 11.8 Å². The summed E-state index contributed by atoms with van der Waals surface area (Å²) in [7, 11) is 0. The molecule has 98 valence electrons. The zero-order valence-corrected chi connectivity index (χ0v) is 10.6. The maximum absolute atomic E-state index is 11.2. The molecule has 6 nitrogen and oxygen atoms in total. The molecule has 0 amide bonds. The average Bonchev–Trinajstić information content (AvgIpc) is 2.74. The molecule has 2 heterocycles. The first kappa shape index (κ1) is 12.6. The molecule has 18 heavy (non-hydrogen) atoms. The van der Waals surface area contributed by atoms with Gasteiger partial charge in [0, 0.05) is 13.1 Å². The zero-order valence-electron chi connectivity index (χ0n) is 10.6. The Morgan fingerprint density at radius 2 is 2.39 bits per heavy atom. The molecule has 0 radical (unpaired) electrons. The topological polar surface area (TPSA) is 75.5 Å². The summed E-state index contributed by atoms with van der Waals surface area (Å²) >= 11 is 0. The van der Waals surface area contributed by atoms with E-state index in [0.29, 0.717) is 37.8 Å². The molecule has 1 N–H and O–H groups in total. The summed E-state index contributed by atoms with van der Waals surface area (Å²) in [6.45, 7) is 5.30. The average molecular weight is 251 g/mol. The van der Waals surface area contributed by atoms with E-state index in [1.165, 1.54) is 0 Å². The van der Waals surface area contributed by atoms with Crippen molar-refractivity contribution in [3.63, 3.8) is 0 Å². The molecule has 0 aliphatic carbocycles. The van der Waals surface area contributed by atoms with E-state index in [0.717, 1.165) is 0 Å². The second kappa shape index (κ2) is 4.80. The molecule has 0 saturated carbocycles. The van der Waals surface area contributed by atoms with Gasteiger partial charge in [0.15, 0.2) is 5.82 Å². The van der Waals surface area contributed by atoms with Crippen LogP contribution < -0.4 is 9.64 Å². The standard InChI is InChI=1S/C12H17N3O3/c1-3-18-10-7-13-6-9(14-10)15-5-4-12(2,8-15)11(16)17/h6-7H,3-5,8H2,1-2H3,(H,16,17). The largest absolute Gasteiger partial charge is 0.481 e. The molecule has 1 aromatic heterocycles. The lowest BCUT2D eigenvalue weighted by Crippen LogP contribution is -2.32. The van der Waals surface area contributed by atoms with Gasteiger partial charge in [0.1, 0.15) is 0 Å². The van der Waals surface area contributed by atoms with Gasteiger partial charge in [-0.15, -0.1) is 0 Å². The minimum absolute atomic E-state index is 0.451. The Balaban J connectivity index is 2.14. The number of anilines is 1. The number of ether oxygens (including phenoxy) is 1. The maximum atomic E-state index is 11.2. The third-order valence-corrected chi connectivity index (χ3v) is 3.21. The monoisotopic (exact) mass is 251 g/mol. The Kier molecular flexibility index (Phi) is 3.36. The van der Waals surface area contributed by atoms with E-state index in [1.807, 2.05) is 11.8 Å². The fraction of sp³-hybridized carbons (Fsp3) is 0.583. The van der Waals surface area contributed by atoms with Crippen LogP contribution in [-0.4, -0.2) is 40.7 Å². The van der Waals surface area contributed by atoms with Crippen molar-refractivity contribution in [3.05, 3.63) is 12.4 Å². The molecule has 1 unspecified atom stereocenters. The highest BCUT2D eigenvalue weighted by Crippen LogP contribution is 2.32. The fourth-order valence-electron chi connectivity index (χ4n) is 2.04. The molecule has 1 aliphatic rings. The molecule has 1 aromatic rings. The van der Waals surface area contributed by atoms with Crippen molar-refractivity contribution in [2.24, 2.45) is 5.41 Å². The summed E-state index contributed by atoms with van der Waals surface area (Å²) in [6.07, 6.45) is 3.80. The van der Waals surface area contributed by atoms with Crippen LogP contribution in [0.25, 0.3) is 0 Å². The van der Waals surface area contributed by atoms with Crippen molar-refractivity contribution < 1.29 is 14.6 Å². The minimum atomic E-state index is -0.765. The molecule has 0 spiro atoms. The van der Waals surface area contributed by atoms with E-state index in [2.05, 4.69) is 9.97 Å². The first-order valence-electron chi connectivity index (χ1n) is 5.98. The van der Waals surface area contributed by atoms with Crippen LogP contribution in [-0.2, 0) is 4.79 Å². The van der Waals surface area contributed by atoms with Crippen LogP contribution in [0.5, 0.6) is 5.88 Å². The van der Waals surface area contributed by atoms with Gasteiger partial charge in [-0.1, -0.05) is 0 Å². The van der Waals surface area contributed by atoms with Crippen LogP contribution in [0.4, 0.5) is 5.82 Å². The quantitative estimate of drug-likeness (QED) is 0.866. The second-order valence-electron chi connectivity index (χ2n) is 4.69. The summed E-state index contributed by atoms with van der Waals surface area (Å²) in [5, 5.41) is 9.19. The number of carboxylic acid groups (broad SMARTS) is 1. The summed E-state index contributed by atoms with van der Waals surface area (Å²) in [5.74, 6) is 0.378. The van der Waals surface area contributed by atoms with Crippen LogP contribution in [0.1, 0.15) is 20.3 Å². The highest BCUT2D eigenvalue weighted by atomic mass is 16.5. The summed E-state index contributed by atoms with van der Waals surface area (Å²) in [5.41, 5.74) is -0.705. The SMILES string of the molecule is CCOc1cncc(N2CCC(C)(C(=O)O)C2)n1. The predicted molar refractivity (Wildman–Crippen MR) is 65.8 cm³/mol. The van der Waals surface area contributed by atoms with Gasteiger partial charge in [0.2, 0.25) is 5.88 Å². The fourth-order valence-corrected chi connectivity index (χ4v) is 2.04. The Morgan fingerprint density at radius 1 is 1.61 bits per heavy atom. The third kappa shape index (κ3) is 2.37. The van der Waals surface area contributed by atoms with Crippen LogP contribution in [0.2, 0.25) is 0 Å². The second-order valence-corrected chi connectivity index (χ2v) is 4.69. The molecule has 1 atom stereocenters.